The van der Waals surface area contributed by atoms with Gasteiger partial charge in [-0.25, -0.2) is 0 Å². The standard InChI is InChI=1S/C32H60O4/c1-4-7-9-10-11-12-13-14-15-16-17-18-19-22-27-35-31(33)29-25-20-21-26-30(29)32(34)36-28(23-6-3)24-8-5-2/h28-30H,4-27H2,1-3H3. The monoisotopic (exact) mass is 508 g/mol. The molecule has 1 rings (SSSR count). The molecule has 0 bridgehead atoms. The molecule has 0 saturated heterocycles. The molecule has 0 aliphatic heterocycles. The molecule has 1 saturated carbocycles. The van der Waals surface area contributed by atoms with Gasteiger partial charge >= 0.3 is 11.9 Å². The summed E-state index contributed by atoms with van der Waals surface area (Å²) in [6.07, 6.45) is 27.0. The average molecular weight is 509 g/mol. The Hall–Kier alpha value is -1.06. The lowest BCUT2D eigenvalue weighted by atomic mass is 9.79. The van der Waals surface area contributed by atoms with E-state index in [1.807, 2.05) is 0 Å². The molecule has 0 amide bonds. The summed E-state index contributed by atoms with van der Waals surface area (Å²) in [7, 11) is 0. The molecule has 1 fully saturated rings. The van der Waals surface area contributed by atoms with E-state index in [-0.39, 0.29) is 29.9 Å². The summed E-state index contributed by atoms with van der Waals surface area (Å²) in [6, 6.07) is 0. The molecule has 1 aliphatic rings. The van der Waals surface area contributed by atoms with E-state index in [4.69, 9.17) is 9.47 Å². The molecular formula is C32H60O4. The van der Waals surface area contributed by atoms with Gasteiger partial charge in [-0.1, -0.05) is 136 Å². The highest BCUT2D eigenvalue weighted by atomic mass is 16.5. The predicted octanol–water partition coefficient (Wildman–Crippen LogP) is 9.72. The van der Waals surface area contributed by atoms with Crippen molar-refractivity contribution in [2.75, 3.05) is 6.61 Å². The number of unbranched alkanes of at least 4 members (excludes halogenated alkanes) is 14. The number of ether oxygens (including phenoxy) is 2. The van der Waals surface area contributed by atoms with Crippen molar-refractivity contribution in [2.45, 2.75) is 175 Å². The molecule has 0 aromatic rings. The van der Waals surface area contributed by atoms with Crippen LogP contribution in [0.1, 0.15) is 168 Å². The van der Waals surface area contributed by atoms with Gasteiger partial charge in [0.2, 0.25) is 0 Å². The fourth-order valence-electron chi connectivity index (χ4n) is 5.54. The van der Waals surface area contributed by atoms with Crippen molar-refractivity contribution in [2.24, 2.45) is 11.8 Å². The van der Waals surface area contributed by atoms with Crippen molar-refractivity contribution >= 4 is 11.9 Å². The highest BCUT2D eigenvalue weighted by Gasteiger charge is 2.38. The van der Waals surface area contributed by atoms with Crippen molar-refractivity contribution in [1.82, 2.24) is 0 Å². The smallest absolute Gasteiger partial charge is 0.310 e. The first kappa shape index (κ1) is 33.0. The number of esters is 2. The number of carbonyl (C=O) groups is 2. The van der Waals surface area contributed by atoms with Crippen LogP contribution in [0.4, 0.5) is 0 Å². The second-order valence-corrected chi connectivity index (χ2v) is 11.3. The van der Waals surface area contributed by atoms with E-state index in [1.54, 1.807) is 0 Å². The van der Waals surface area contributed by atoms with Crippen LogP contribution in [-0.4, -0.2) is 24.6 Å². The maximum atomic E-state index is 12.9. The van der Waals surface area contributed by atoms with E-state index < -0.39 is 0 Å². The quantitative estimate of drug-likeness (QED) is 0.102. The zero-order valence-electron chi connectivity index (χ0n) is 24.3. The Balaban J connectivity index is 2.14. The van der Waals surface area contributed by atoms with Crippen molar-refractivity contribution < 1.29 is 19.1 Å². The number of rotatable bonds is 23. The molecule has 4 nitrogen and oxygen atoms in total. The van der Waals surface area contributed by atoms with Crippen LogP contribution in [0.2, 0.25) is 0 Å². The minimum absolute atomic E-state index is 0.00315. The molecule has 3 unspecified atom stereocenters. The molecule has 3 atom stereocenters. The first-order valence-corrected chi connectivity index (χ1v) is 16.0. The van der Waals surface area contributed by atoms with E-state index in [0.29, 0.717) is 6.61 Å². The Kier molecular flexibility index (Phi) is 21.1. The second-order valence-electron chi connectivity index (χ2n) is 11.3. The highest BCUT2D eigenvalue weighted by molar-refractivity contribution is 5.82. The number of hydrogen-bond donors (Lipinski definition) is 0. The Morgan fingerprint density at radius 1 is 0.583 bits per heavy atom. The number of hydrogen-bond acceptors (Lipinski definition) is 4. The molecule has 36 heavy (non-hydrogen) atoms. The molecule has 0 heterocycles. The first-order valence-electron chi connectivity index (χ1n) is 16.0. The molecule has 0 spiro atoms. The van der Waals surface area contributed by atoms with E-state index in [1.165, 1.54) is 77.0 Å². The van der Waals surface area contributed by atoms with E-state index >= 15 is 0 Å². The van der Waals surface area contributed by atoms with E-state index in [2.05, 4.69) is 20.8 Å². The molecule has 0 aromatic heterocycles. The topological polar surface area (TPSA) is 52.6 Å². The molecule has 1 aliphatic carbocycles. The second kappa shape index (κ2) is 23.1. The SMILES string of the molecule is CCCCCCCCCCCCCCCCOC(=O)C1CCCCC1C(=O)OC(CCC)CCCC. The maximum Gasteiger partial charge on any atom is 0.310 e. The zero-order valence-corrected chi connectivity index (χ0v) is 24.3. The summed E-state index contributed by atoms with van der Waals surface area (Å²) in [6.45, 7) is 7.06. The molecule has 0 N–H and O–H groups in total. The summed E-state index contributed by atoms with van der Waals surface area (Å²) < 4.78 is 11.5. The van der Waals surface area contributed by atoms with Crippen LogP contribution in [0.25, 0.3) is 0 Å². The largest absolute Gasteiger partial charge is 0.465 e. The fourth-order valence-corrected chi connectivity index (χ4v) is 5.54. The van der Waals surface area contributed by atoms with Crippen LogP contribution >= 0.6 is 0 Å². The molecule has 212 valence electrons. The molecule has 4 heteroatoms. The van der Waals surface area contributed by atoms with Crippen molar-refractivity contribution in [3.63, 3.8) is 0 Å². The fraction of sp³-hybridized carbons (Fsp3) is 0.938. The highest BCUT2D eigenvalue weighted by Crippen LogP contribution is 2.33. The molecular weight excluding hydrogens is 448 g/mol. The lowest BCUT2D eigenvalue weighted by molar-refractivity contribution is -0.166. The Labute approximate surface area is 224 Å². The third-order valence-corrected chi connectivity index (χ3v) is 7.89. The summed E-state index contributed by atoms with van der Waals surface area (Å²) >= 11 is 0. The van der Waals surface area contributed by atoms with Crippen LogP contribution in [0.15, 0.2) is 0 Å². The van der Waals surface area contributed by atoms with Gasteiger partial charge in [-0.15, -0.1) is 0 Å². The van der Waals surface area contributed by atoms with Crippen LogP contribution < -0.4 is 0 Å². The van der Waals surface area contributed by atoms with Crippen molar-refractivity contribution in [3.8, 4) is 0 Å². The summed E-state index contributed by atoms with van der Waals surface area (Å²) in [5.74, 6) is -0.968. The van der Waals surface area contributed by atoms with Gasteiger partial charge in [-0.2, -0.15) is 0 Å². The molecule has 0 aromatic carbocycles. The Morgan fingerprint density at radius 2 is 1.06 bits per heavy atom. The van der Waals surface area contributed by atoms with E-state index in [9.17, 15) is 9.59 Å². The Bertz CT molecular complexity index is 532. The minimum atomic E-state index is -0.316. The summed E-state index contributed by atoms with van der Waals surface area (Å²) in [5, 5.41) is 0. The van der Waals surface area contributed by atoms with Gasteiger partial charge in [-0.05, 0) is 32.1 Å². The van der Waals surface area contributed by atoms with Crippen LogP contribution in [0, 0.1) is 11.8 Å². The van der Waals surface area contributed by atoms with Gasteiger partial charge in [0.25, 0.3) is 0 Å². The summed E-state index contributed by atoms with van der Waals surface area (Å²) in [5.41, 5.74) is 0. The zero-order chi connectivity index (χ0) is 26.3. The van der Waals surface area contributed by atoms with Crippen molar-refractivity contribution in [1.29, 1.82) is 0 Å². The van der Waals surface area contributed by atoms with Gasteiger partial charge in [-0.3, -0.25) is 9.59 Å². The number of carbonyl (C=O) groups excluding carboxylic acids is 2. The van der Waals surface area contributed by atoms with Crippen LogP contribution in [-0.2, 0) is 19.1 Å². The predicted molar refractivity (Wildman–Crippen MR) is 151 cm³/mol. The normalized spacial score (nSPS) is 18.6. The molecule has 0 radical (unpaired) electrons. The average Bonchev–Trinajstić information content (AvgIpc) is 2.89. The van der Waals surface area contributed by atoms with Gasteiger partial charge in [0, 0.05) is 0 Å². The van der Waals surface area contributed by atoms with Crippen LogP contribution in [0.5, 0.6) is 0 Å². The van der Waals surface area contributed by atoms with Crippen molar-refractivity contribution in [3.05, 3.63) is 0 Å². The van der Waals surface area contributed by atoms with E-state index in [0.717, 1.165) is 70.6 Å². The third kappa shape index (κ3) is 15.9. The lowest BCUT2D eigenvalue weighted by Crippen LogP contribution is -2.36. The van der Waals surface area contributed by atoms with Gasteiger partial charge < -0.3 is 9.47 Å². The van der Waals surface area contributed by atoms with Gasteiger partial charge in [0.05, 0.1) is 18.4 Å². The summed E-state index contributed by atoms with van der Waals surface area (Å²) in [4.78, 5) is 25.7. The van der Waals surface area contributed by atoms with Gasteiger partial charge in [0.15, 0.2) is 0 Å². The maximum absolute atomic E-state index is 12.9. The Morgan fingerprint density at radius 3 is 1.56 bits per heavy atom. The lowest BCUT2D eigenvalue weighted by Gasteiger charge is -2.30. The van der Waals surface area contributed by atoms with Crippen LogP contribution in [0.3, 0.4) is 0 Å². The van der Waals surface area contributed by atoms with Gasteiger partial charge in [0.1, 0.15) is 6.10 Å². The third-order valence-electron chi connectivity index (χ3n) is 7.89. The first-order chi connectivity index (χ1) is 17.6. The minimum Gasteiger partial charge on any atom is -0.465 e.